The minimum Gasteiger partial charge on any atom is -0.392 e. The number of thiocarbonyl (C=S) groups is 1. The topological polar surface area (TPSA) is 55.1 Å². The highest BCUT2D eigenvalue weighted by Crippen LogP contribution is 2.27. The van der Waals surface area contributed by atoms with Crippen molar-refractivity contribution in [2.75, 3.05) is 0 Å². The van der Waals surface area contributed by atoms with E-state index in [1.165, 1.54) is 6.42 Å². The van der Waals surface area contributed by atoms with E-state index in [0.29, 0.717) is 21.5 Å². The van der Waals surface area contributed by atoms with E-state index in [1.807, 2.05) is 0 Å². The summed E-state index contributed by atoms with van der Waals surface area (Å²) in [6.45, 7) is 0. The Balaban J connectivity index is 2.14. The van der Waals surface area contributed by atoms with Crippen LogP contribution in [0, 0.1) is 5.92 Å². The molecule has 1 aliphatic rings. The summed E-state index contributed by atoms with van der Waals surface area (Å²) >= 11 is 14.6. The van der Waals surface area contributed by atoms with Crippen LogP contribution in [-0.4, -0.2) is 16.9 Å². The van der Waals surface area contributed by atoms with Crippen LogP contribution in [0.15, 0.2) is 22.7 Å². The molecule has 1 amide bonds. The molecule has 2 rings (SSSR count). The predicted octanol–water partition coefficient (Wildman–Crippen LogP) is 4.07. The molecule has 21 heavy (non-hydrogen) atoms. The van der Waals surface area contributed by atoms with E-state index < -0.39 is 0 Å². The third kappa shape index (κ3) is 4.41. The number of carbonyl (C=O) groups is 1. The van der Waals surface area contributed by atoms with Crippen molar-refractivity contribution in [1.29, 1.82) is 0 Å². The molecule has 1 aromatic carbocycles. The monoisotopic (exact) mass is 388 g/mol. The number of halogens is 2. The number of benzene rings is 1. The molecule has 1 saturated carbocycles. The molecule has 114 valence electrons. The van der Waals surface area contributed by atoms with E-state index in [-0.39, 0.29) is 11.9 Å². The average Bonchev–Trinajstić information content (AvgIpc) is 2.47. The lowest BCUT2D eigenvalue weighted by atomic mass is 9.83. The maximum atomic E-state index is 12.4. The van der Waals surface area contributed by atoms with Gasteiger partial charge in [-0.15, -0.1) is 0 Å². The molecule has 0 heterocycles. The lowest BCUT2D eigenvalue weighted by Gasteiger charge is -2.30. The first-order chi connectivity index (χ1) is 9.99. The maximum absolute atomic E-state index is 12.4. The predicted molar refractivity (Wildman–Crippen MR) is 93.8 cm³/mol. The third-order valence-electron chi connectivity index (χ3n) is 3.89. The van der Waals surface area contributed by atoms with Gasteiger partial charge in [0.05, 0.1) is 21.6 Å². The van der Waals surface area contributed by atoms with Crippen LogP contribution < -0.4 is 11.1 Å². The molecule has 1 aliphatic carbocycles. The molecular weight excluding hydrogens is 372 g/mol. The fourth-order valence-electron chi connectivity index (χ4n) is 2.78. The van der Waals surface area contributed by atoms with Crippen molar-refractivity contribution in [3.63, 3.8) is 0 Å². The van der Waals surface area contributed by atoms with Gasteiger partial charge in [-0.25, -0.2) is 0 Å². The first-order valence-electron chi connectivity index (χ1n) is 7.04. The summed E-state index contributed by atoms with van der Waals surface area (Å²) in [7, 11) is 0. The number of rotatable bonds is 4. The zero-order valence-electron chi connectivity index (χ0n) is 11.6. The van der Waals surface area contributed by atoms with Crippen LogP contribution in [0.5, 0.6) is 0 Å². The highest BCUT2D eigenvalue weighted by Gasteiger charge is 2.28. The van der Waals surface area contributed by atoms with E-state index >= 15 is 0 Å². The smallest absolute Gasteiger partial charge is 0.253 e. The molecule has 0 radical (unpaired) electrons. The van der Waals surface area contributed by atoms with E-state index in [4.69, 9.17) is 29.6 Å². The molecule has 6 heteroatoms. The molecule has 1 unspecified atom stereocenters. The average molecular weight is 390 g/mol. The molecule has 0 aliphatic heterocycles. The van der Waals surface area contributed by atoms with Crippen molar-refractivity contribution < 1.29 is 4.79 Å². The van der Waals surface area contributed by atoms with Gasteiger partial charge in [0.15, 0.2) is 0 Å². The van der Waals surface area contributed by atoms with Crippen molar-refractivity contribution in [2.45, 2.75) is 38.1 Å². The number of carbonyl (C=O) groups excluding carboxylic acids is 1. The van der Waals surface area contributed by atoms with E-state index in [2.05, 4.69) is 21.2 Å². The van der Waals surface area contributed by atoms with E-state index in [1.54, 1.807) is 18.2 Å². The van der Waals surface area contributed by atoms with Gasteiger partial charge in [0, 0.05) is 4.47 Å². The molecular formula is C15H18BrClN2OS. The van der Waals surface area contributed by atoms with Gasteiger partial charge in [0.25, 0.3) is 5.91 Å². The fourth-order valence-corrected chi connectivity index (χ4v) is 3.60. The van der Waals surface area contributed by atoms with Gasteiger partial charge >= 0.3 is 0 Å². The molecule has 3 nitrogen and oxygen atoms in total. The normalized spacial score (nSPS) is 17.2. The molecule has 1 fully saturated rings. The lowest BCUT2D eigenvalue weighted by molar-refractivity contribution is 0.0932. The summed E-state index contributed by atoms with van der Waals surface area (Å²) in [5, 5.41) is 3.38. The Labute approximate surface area is 143 Å². The van der Waals surface area contributed by atoms with Crippen LogP contribution in [0.1, 0.15) is 42.5 Å². The maximum Gasteiger partial charge on any atom is 0.253 e. The fraction of sp³-hybridized carbons (Fsp3) is 0.467. The van der Waals surface area contributed by atoms with Gasteiger partial charge in [-0.05, 0) is 37.0 Å². The minimum atomic E-state index is -0.261. The highest BCUT2D eigenvalue weighted by atomic mass is 79.9. The summed E-state index contributed by atoms with van der Waals surface area (Å²) in [5.41, 5.74) is 6.27. The molecule has 1 atom stereocenters. The molecule has 0 saturated heterocycles. The van der Waals surface area contributed by atoms with Crippen LogP contribution in [-0.2, 0) is 0 Å². The van der Waals surface area contributed by atoms with Crippen LogP contribution in [0.2, 0.25) is 5.02 Å². The van der Waals surface area contributed by atoms with Gasteiger partial charge in [-0.2, -0.15) is 0 Å². The second-order valence-electron chi connectivity index (χ2n) is 5.38. The Morgan fingerprint density at radius 2 is 2.05 bits per heavy atom. The van der Waals surface area contributed by atoms with Crippen molar-refractivity contribution >= 4 is 50.6 Å². The molecule has 0 bridgehead atoms. The Kier molecular flexibility index (Phi) is 6.02. The number of amides is 1. The number of nitrogens with two attached hydrogens (primary N) is 1. The van der Waals surface area contributed by atoms with Crippen molar-refractivity contribution in [1.82, 2.24) is 5.32 Å². The number of nitrogens with one attached hydrogen (secondary N) is 1. The van der Waals surface area contributed by atoms with Crippen LogP contribution in [0.4, 0.5) is 0 Å². The summed E-state index contributed by atoms with van der Waals surface area (Å²) in [4.78, 5) is 12.8. The lowest BCUT2D eigenvalue weighted by Crippen LogP contribution is -2.48. The summed E-state index contributed by atoms with van der Waals surface area (Å²) in [6.07, 6.45) is 5.67. The Bertz CT molecular complexity index is 546. The largest absolute Gasteiger partial charge is 0.392 e. The van der Waals surface area contributed by atoms with Crippen LogP contribution in [0.3, 0.4) is 0 Å². The number of hydrogen-bond acceptors (Lipinski definition) is 2. The van der Waals surface area contributed by atoms with Gasteiger partial charge in [0.1, 0.15) is 0 Å². The standard InChI is InChI=1S/C15H18BrClN2OS/c16-10-6-7-12(17)11(8-10)15(20)19-13(14(18)21)9-4-2-1-3-5-9/h6-9,13H,1-5H2,(H2,18,21)(H,19,20). The van der Waals surface area contributed by atoms with Gasteiger partial charge < -0.3 is 11.1 Å². The second kappa shape index (κ2) is 7.56. The summed E-state index contributed by atoms with van der Waals surface area (Å²) < 4.78 is 0.807. The van der Waals surface area contributed by atoms with Crippen molar-refractivity contribution in [2.24, 2.45) is 11.7 Å². The Hall–Kier alpha value is -0.650. The van der Waals surface area contributed by atoms with Gasteiger partial charge in [-0.3, -0.25) is 4.79 Å². The van der Waals surface area contributed by atoms with Crippen molar-refractivity contribution in [3.05, 3.63) is 33.3 Å². The van der Waals surface area contributed by atoms with Crippen molar-refractivity contribution in [3.8, 4) is 0 Å². The highest BCUT2D eigenvalue weighted by molar-refractivity contribution is 9.10. The van der Waals surface area contributed by atoms with E-state index in [9.17, 15) is 4.79 Å². The molecule has 0 aromatic heterocycles. The number of hydrogen-bond donors (Lipinski definition) is 2. The van der Waals surface area contributed by atoms with Crippen LogP contribution >= 0.6 is 39.7 Å². The van der Waals surface area contributed by atoms with Gasteiger partial charge in [-0.1, -0.05) is 59.0 Å². The summed E-state index contributed by atoms with van der Waals surface area (Å²) in [5.74, 6) is 0.0933. The molecule has 1 aromatic rings. The molecule has 3 N–H and O–H groups in total. The quantitative estimate of drug-likeness (QED) is 0.763. The minimum absolute atomic E-state index is 0.232. The first-order valence-corrected chi connectivity index (χ1v) is 8.62. The van der Waals surface area contributed by atoms with E-state index in [0.717, 1.165) is 30.2 Å². The zero-order chi connectivity index (χ0) is 15.4. The second-order valence-corrected chi connectivity index (χ2v) is 7.17. The van der Waals surface area contributed by atoms with Gasteiger partial charge in [0.2, 0.25) is 0 Å². The first kappa shape index (κ1) is 16.7. The summed E-state index contributed by atoms with van der Waals surface area (Å²) in [6, 6.07) is 4.93. The third-order valence-corrected chi connectivity index (χ3v) is 4.96. The Morgan fingerprint density at radius 1 is 1.38 bits per heavy atom. The Morgan fingerprint density at radius 3 is 2.67 bits per heavy atom. The van der Waals surface area contributed by atoms with Crippen LogP contribution in [0.25, 0.3) is 0 Å². The SMILES string of the molecule is NC(=S)C(NC(=O)c1cc(Br)ccc1Cl)C1CCCCC1. The zero-order valence-corrected chi connectivity index (χ0v) is 14.7. The molecule has 0 spiro atoms.